The second kappa shape index (κ2) is 20.0. The summed E-state index contributed by atoms with van der Waals surface area (Å²) in [5.41, 5.74) is -7.62. The molecule has 1 N–H and O–H groups in total. The third kappa shape index (κ3) is 10.4. The van der Waals surface area contributed by atoms with Gasteiger partial charge in [0, 0.05) is 52.2 Å². The van der Waals surface area contributed by atoms with E-state index in [9.17, 15) is 27.9 Å². The number of carbonyl (C=O) groups excluding carboxylic acids is 2. The summed E-state index contributed by atoms with van der Waals surface area (Å²) in [6.45, 7) is 1.96. The molecule has 0 saturated carbocycles. The van der Waals surface area contributed by atoms with Crippen molar-refractivity contribution in [2.45, 2.75) is 62.5 Å². The molecule has 21 heteroatoms. The molecule has 0 bridgehead atoms. The number of esters is 2. The smallest absolute Gasteiger partial charge is 0.433 e. The zero-order chi connectivity index (χ0) is 48.2. The minimum Gasteiger partial charge on any atom is -0.487 e. The van der Waals surface area contributed by atoms with Gasteiger partial charge in [0.25, 0.3) is 0 Å². The standard InChI is InChI=1S/C45H34Cl4F6N4O7/c1-24(42(62,44(50,51)52)28-12-14-56-38(48)16-28)34-10-8-32(18-36(34)46)64-23-31-7-5-27(21-59-31)41(61)66-43(45(53,54)55,29-13-15-57-39(49)17-29)25(2)35-11-9-33(19-37(35)47)65-22-30-6-4-26(20-58-30)40(60)63-3/h4-21,24-25,62H,22-23H2,1-3H3. The molecular formula is C45H34Cl4F6N4O7. The molecule has 0 spiro atoms. The van der Waals surface area contributed by atoms with Crippen molar-refractivity contribution in [3.8, 4) is 11.5 Å². The van der Waals surface area contributed by atoms with Crippen LogP contribution in [0.15, 0.2) is 110 Å². The number of methoxy groups -OCH3 is 1. The minimum atomic E-state index is -5.29. The fraction of sp³-hybridized carbons (Fsp3) is 0.244. The van der Waals surface area contributed by atoms with Crippen molar-refractivity contribution in [3.05, 3.63) is 175 Å². The number of alkyl halides is 6. The highest BCUT2D eigenvalue weighted by atomic mass is 35.5. The van der Waals surface area contributed by atoms with Crippen molar-refractivity contribution in [2.24, 2.45) is 0 Å². The van der Waals surface area contributed by atoms with Crippen LogP contribution in [-0.4, -0.2) is 56.4 Å². The monoisotopic (exact) mass is 996 g/mol. The molecule has 4 heterocycles. The van der Waals surface area contributed by atoms with Gasteiger partial charge in [-0.3, -0.25) is 9.97 Å². The van der Waals surface area contributed by atoms with E-state index < -0.39 is 58.5 Å². The highest BCUT2D eigenvalue weighted by Gasteiger charge is 2.64. The van der Waals surface area contributed by atoms with Crippen LogP contribution < -0.4 is 9.47 Å². The van der Waals surface area contributed by atoms with E-state index in [4.69, 9.17) is 60.6 Å². The normalized spacial score (nSPS) is 14.6. The lowest BCUT2D eigenvalue weighted by atomic mass is 9.77. The molecule has 0 radical (unpaired) electrons. The number of rotatable bonds is 15. The maximum absolute atomic E-state index is 15.7. The number of hydrogen-bond donors (Lipinski definition) is 1. The summed E-state index contributed by atoms with van der Waals surface area (Å²) in [7, 11) is 1.23. The van der Waals surface area contributed by atoms with Gasteiger partial charge in [0.05, 0.1) is 29.6 Å². The Labute approximate surface area is 392 Å². The van der Waals surface area contributed by atoms with Crippen LogP contribution in [0.2, 0.25) is 20.4 Å². The van der Waals surface area contributed by atoms with Gasteiger partial charge in [-0.1, -0.05) is 72.4 Å². The average Bonchev–Trinajstić information content (AvgIpc) is 3.28. The third-order valence-electron chi connectivity index (χ3n) is 10.6. The molecule has 4 atom stereocenters. The second-order valence-corrected chi connectivity index (χ2v) is 16.2. The maximum Gasteiger partial charge on any atom is 0.433 e. The van der Waals surface area contributed by atoms with Crippen LogP contribution >= 0.6 is 46.4 Å². The van der Waals surface area contributed by atoms with Crippen molar-refractivity contribution in [3.63, 3.8) is 0 Å². The van der Waals surface area contributed by atoms with Crippen LogP contribution in [0.1, 0.15) is 80.0 Å². The molecule has 0 aliphatic carbocycles. The molecule has 6 rings (SSSR count). The Morgan fingerprint density at radius 1 is 0.606 bits per heavy atom. The quantitative estimate of drug-likeness (QED) is 0.0596. The highest BCUT2D eigenvalue weighted by molar-refractivity contribution is 6.32. The number of nitrogens with zero attached hydrogens (tertiary/aromatic N) is 4. The van der Waals surface area contributed by atoms with E-state index in [1.54, 1.807) is 0 Å². The lowest BCUT2D eigenvalue weighted by molar-refractivity contribution is -0.274. The van der Waals surface area contributed by atoms with E-state index in [-0.39, 0.29) is 73.0 Å². The Bertz CT molecular complexity index is 2720. The van der Waals surface area contributed by atoms with Crippen molar-refractivity contribution in [1.29, 1.82) is 0 Å². The fourth-order valence-corrected chi connectivity index (χ4v) is 8.05. The van der Waals surface area contributed by atoms with Crippen LogP contribution in [0, 0.1) is 0 Å². The van der Waals surface area contributed by atoms with Crippen LogP contribution in [0.5, 0.6) is 11.5 Å². The molecule has 0 saturated heterocycles. The van der Waals surface area contributed by atoms with Crippen molar-refractivity contribution < 1.29 is 60.0 Å². The third-order valence-corrected chi connectivity index (χ3v) is 11.7. The Kier molecular flexibility index (Phi) is 15.1. The van der Waals surface area contributed by atoms with Crippen LogP contribution in [0.4, 0.5) is 26.3 Å². The number of pyridine rings is 4. The minimum absolute atomic E-state index is 0.0698. The first-order valence-corrected chi connectivity index (χ1v) is 20.8. The van der Waals surface area contributed by atoms with Crippen LogP contribution in [0.25, 0.3) is 0 Å². The van der Waals surface area contributed by atoms with Gasteiger partial charge >= 0.3 is 24.3 Å². The lowest BCUT2D eigenvalue weighted by Crippen LogP contribution is -2.50. The van der Waals surface area contributed by atoms with Gasteiger partial charge < -0.3 is 24.1 Å². The largest absolute Gasteiger partial charge is 0.487 e. The number of ether oxygens (including phenoxy) is 4. The molecule has 2 aromatic carbocycles. The second-order valence-electron chi connectivity index (χ2n) is 14.6. The van der Waals surface area contributed by atoms with E-state index in [0.717, 1.165) is 55.8 Å². The molecular weight excluding hydrogens is 964 g/mol. The summed E-state index contributed by atoms with van der Waals surface area (Å²) in [5.74, 6) is -5.09. The number of hydrogen-bond acceptors (Lipinski definition) is 11. The summed E-state index contributed by atoms with van der Waals surface area (Å²) in [6, 6.07) is 17.1. The highest BCUT2D eigenvalue weighted by Crippen LogP contribution is 2.54. The molecule has 11 nitrogen and oxygen atoms in total. The molecule has 0 aliphatic rings. The summed E-state index contributed by atoms with van der Waals surface area (Å²) in [5, 5.41) is 10.2. The topological polar surface area (TPSA) is 143 Å². The van der Waals surface area contributed by atoms with Gasteiger partial charge in [-0.2, -0.15) is 26.3 Å². The van der Waals surface area contributed by atoms with Crippen molar-refractivity contribution >= 4 is 58.3 Å². The molecule has 0 amide bonds. The fourth-order valence-electron chi connectivity index (χ4n) is 7.04. The number of carbonyl (C=O) groups is 2. The molecule has 4 aromatic heterocycles. The Hall–Kier alpha value is -5.72. The van der Waals surface area contributed by atoms with Gasteiger partial charge in [0.15, 0.2) is 5.60 Å². The molecule has 0 aliphatic heterocycles. The number of benzene rings is 2. The van der Waals surface area contributed by atoms with E-state index >= 15 is 13.2 Å². The summed E-state index contributed by atoms with van der Waals surface area (Å²) in [4.78, 5) is 41.2. The first-order chi connectivity index (χ1) is 31.1. The van der Waals surface area contributed by atoms with Gasteiger partial charge in [-0.15, -0.1) is 0 Å². The molecule has 66 heavy (non-hydrogen) atoms. The van der Waals surface area contributed by atoms with E-state index in [1.807, 2.05) is 0 Å². The summed E-state index contributed by atoms with van der Waals surface area (Å²) >= 11 is 24.9. The van der Waals surface area contributed by atoms with Crippen LogP contribution in [-0.2, 0) is 33.9 Å². The van der Waals surface area contributed by atoms with Gasteiger partial charge in [-0.05, 0) is 89.5 Å². The SMILES string of the molecule is COC(=O)c1ccc(COc2ccc(C(C)C(OC(=O)c3ccc(COc4ccc(C(C)C(O)(c5ccnc(Cl)c5)C(F)(F)F)c(Cl)c4)nc3)(c3ccnc(Cl)c3)C(F)(F)F)c(Cl)c2)nc1. The lowest BCUT2D eigenvalue weighted by Gasteiger charge is -2.40. The number of halogens is 10. The van der Waals surface area contributed by atoms with E-state index in [1.165, 1.54) is 74.8 Å². The predicted octanol–water partition coefficient (Wildman–Crippen LogP) is 11.8. The summed E-state index contributed by atoms with van der Waals surface area (Å²) in [6.07, 6.45) is -6.11. The Balaban J connectivity index is 1.20. The Morgan fingerprint density at radius 3 is 1.50 bits per heavy atom. The molecule has 6 aromatic rings. The van der Waals surface area contributed by atoms with E-state index in [0.29, 0.717) is 5.69 Å². The summed E-state index contributed by atoms with van der Waals surface area (Å²) < 4.78 is 112. The maximum atomic E-state index is 15.7. The first-order valence-electron chi connectivity index (χ1n) is 19.2. The Morgan fingerprint density at radius 2 is 1.08 bits per heavy atom. The number of aromatic nitrogens is 4. The van der Waals surface area contributed by atoms with Crippen LogP contribution in [0.3, 0.4) is 0 Å². The molecule has 0 fully saturated rings. The molecule has 346 valence electrons. The van der Waals surface area contributed by atoms with Gasteiger partial charge in [0.1, 0.15) is 35.0 Å². The average molecular weight is 999 g/mol. The molecule has 4 unspecified atom stereocenters. The zero-order valence-corrected chi connectivity index (χ0v) is 37.5. The van der Waals surface area contributed by atoms with Crippen molar-refractivity contribution in [1.82, 2.24) is 19.9 Å². The predicted molar refractivity (Wildman–Crippen MR) is 230 cm³/mol. The van der Waals surface area contributed by atoms with E-state index in [2.05, 4.69) is 24.7 Å². The van der Waals surface area contributed by atoms with Crippen molar-refractivity contribution in [2.75, 3.05) is 7.11 Å². The first kappa shape index (κ1) is 49.7. The van der Waals surface area contributed by atoms with Gasteiger partial charge in [0.2, 0.25) is 5.60 Å². The number of aliphatic hydroxyl groups is 1. The van der Waals surface area contributed by atoms with Gasteiger partial charge in [-0.25, -0.2) is 19.6 Å². The zero-order valence-electron chi connectivity index (χ0n) is 34.4.